The molecule has 1 saturated heterocycles. The first-order valence-electron chi connectivity index (χ1n) is 10.9. The van der Waals surface area contributed by atoms with Gasteiger partial charge in [-0.25, -0.2) is 18.7 Å². The number of nitrogens with one attached hydrogen (secondary N) is 1. The minimum atomic E-state index is -5.55. The highest BCUT2D eigenvalue weighted by Crippen LogP contribution is 2.31. The minimum absolute atomic E-state index is 0.140. The van der Waals surface area contributed by atoms with Crippen LogP contribution in [0.5, 0.6) is 0 Å². The second-order valence-corrected chi connectivity index (χ2v) is 8.49. The topological polar surface area (TPSA) is 117 Å². The number of carbonyl (C=O) groups is 2. The van der Waals surface area contributed by atoms with Crippen molar-refractivity contribution in [2.45, 2.75) is 37.3 Å². The predicted octanol–water partition coefficient (Wildman–Crippen LogP) is 2.77. The Morgan fingerprint density at radius 1 is 1.15 bits per heavy atom. The van der Waals surface area contributed by atoms with Gasteiger partial charge in [0.2, 0.25) is 11.3 Å². The van der Waals surface area contributed by atoms with Crippen molar-refractivity contribution in [2.75, 3.05) is 11.4 Å². The predicted molar refractivity (Wildman–Crippen MR) is 116 cm³/mol. The van der Waals surface area contributed by atoms with Crippen LogP contribution >= 0.6 is 0 Å². The number of aliphatic hydroxyl groups excluding tert-OH is 1. The van der Waals surface area contributed by atoms with Crippen molar-refractivity contribution >= 4 is 28.7 Å². The van der Waals surface area contributed by atoms with Crippen LogP contribution in [0.15, 0.2) is 35.4 Å². The highest BCUT2D eigenvalue weighted by molar-refractivity contribution is 5.99. The van der Waals surface area contributed by atoms with Crippen LogP contribution < -0.4 is 15.6 Å². The average Bonchev–Trinajstić information content (AvgIpc) is 3.15. The van der Waals surface area contributed by atoms with Gasteiger partial charge >= 0.3 is 12.4 Å². The van der Waals surface area contributed by atoms with E-state index in [1.807, 2.05) is 0 Å². The van der Waals surface area contributed by atoms with Crippen LogP contribution in [0.1, 0.15) is 23.2 Å². The fourth-order valence-electron chi connectivity index (χ4n) is 3.88. The second kappa shape index (κ2) is 9.87. The maximum Gasteiger partial charge on any atom is 0.408 e. The standard InChI is InChI=1S/C22H15F8N5O4/c23-9-3-13(24)19(31-6-9)35-8-12(20(39)32-14(22(28,29)30)5-21(25,26)27)17(38)11-1-2-15(33-18(11)35)34-7-10(36)4-16(34)37/h1-3,6,8,10,14,36H,4-5,7H2,(H,32,39). The van der Waals surface area contributed by atoms with E-state index in [1.165, 1.54) is 0 Å². The summed E-state index contributed by atoms with van der Waals surface area (Å²) in [4.78, 5) is 46.5. The Hall–Kier alpha value is -4.15. The molecule has 2 atom stereocenters. The summed E-state index contributed by atoms with van der Waals surface area (Å²) >= 11 is 0. The molecule has 208 valence electrons. The number of aromatic nitrogens is 3. The molecule has 9 nitrogen and oxygen atoms in total. The lowest BCUT2D eigenvalue weighted by Gasteiger charge is -2.23. The molecule has 39 heavy (non-hydrogen) atoms. The quantitative estimate of drug-likeness (QED) is 0.460. The first kappa shape index (κ1) is 27.9. The summed E-state index contributed by atoms with van der Waals surface area (Å²) in [7, 11) is 0. The van der Waals surface area contributed by atoms with Gasteiger partial charge in [-0.1, -0.05) is 0 Å². The highest BCUT2D eigenvalue weighted by atomic mass is 19.4. The zero-order chi connectivity index (χ0) is 28.9. The molecular weight excluding hydrogens is 550 g/mol. The Bertz CT molecular complexity index is 1520. The summed E-state index contributed by atoms with van der Waals surface area (Å²) in [6, 6.07) is -0.965. The Balaban J connectivity index is 1.89. The van der Waals surface area contributed by atoms with E-state index in [9.17, 15) is 54.6 Å². The molecule has 1 aliphatic heterocycles. The summed E-state index contributed by atoms with van der Waals surface area (Å²) in [5.41, 5.74) is -2.91. The van der Waals surface area contributed by atoms with E-state index in [0.29, 0.717) is 23.0 Å². The molecule has 0 aliphatic carbocycles. The number of halogens is 8. The van der Waals surface area contributed by atoms with Crippen molar-refractivity contribution in [3.05, 3.63) is 58.0 Å². The van der Waals surface area contributed by atoms with Crippen LogP contribution in [-0.2, 0) is 4.79 Å². The number of nitrogens with zero attached hydrogens (tertiary/aromatic N) is 4. The Kier molecular flexibility index (Phi) is 7.05. The molecule has 17 heteroatoms. The summed E-state index contributed by atoms with van der Waals surface area (Å²) in [5, 5.41) is 10.4. The third-order valence-electron chi connectivity index (χ3n) is 5.61. The zero-order valence-electron chi connectivity index (χ0n) is 19.1. The van der Waals surface area contributed by atoms with Gasteiger partial charge in [0.05, 0.1) is 37.1 Å². The van der Waals surface area contributed by atoms with Gasteiger partial charge in [-0.05, 0) is 12.1 Å². The largest absolute Gasteiger partial charge is 0.408 e. The molecule has 4 heterocycles. The number of pyridine rings is 3. The first-order chi connectivity index (χ1) is 18.0. The van der Waals surface area contributed by atoms with E-state index in [0.717, 1.165) is 22.3 Å². The molecule has 0 aromatic carbocycles. The molecule has 3 aromatic rings. The van der Waals surface area contributed by atoms with E-state index in [-0.39, 0.29) is 18.8 Å². The van der Waals surface area contributed by atoms with Crippen LogP contribution in [0.3, 0.4) is 0 Å². The first-order valence-corrected chi connectivity index (χ1v) is 10.9. The molecule has 2 N–H and O–H groups in total. The Labute approximate surface area is 211 Å². The van der Waals surface area contributed by atoms with Crippen molar-refractivity contribution in [1.82, 2.24) is 19.9 Å². The third kappa shape index (κ3) is 5.81. The maximum absolute atomic E-state index is 14.7. The Morgan fingerprint density at radius 2 is 1.85 bits per heavy atom. The van der Waals surface area contributed by atoms with Gasteiger partial charge in [-0.3, -0.25) is 23.9 Å². The highest BCUT2D eigenvalue weighted by Gasteiger charge is 2.47. The fourth-order valence-corrected chi connectivity index (χ4v) is 3.88. The fraction of sp³-hybridized carbons (Fsp3) is 0.318. The van der Waals surface area contributed by atoms with Gasteiger partial charge in [0.15, 0.2) is 17.3 Å². The molecule has 1 aliphatic rings. The van der Waals surface area contributed by atoms with Crippen LogP contribution in [0.25, 0.3) is 16.9 Å². The maximum atomic E-state index is 14.7. The number of rotatable bonds is 5. The van der Waals surface area contributed by atoms with Crippen LogP contribution in [0.4, 0.5) is 40.9 Å². The van der Waals surface area contributed by atoms with E-state index in [4.69, 9.17) is 0 Å². The van der Waals surface area contributed by atoms with Crippen LogP contribution in [0.2, 0.25) is 0 Å². The van der Waals surface area contributed by atoms with Gasteiger partial charge < -0.3 is 10.4 Å². The van der Waals surface area contributed by atoms with Crippen LogP contribution in [0, 0.1) is 11.6 Å². The molecule has 3 aromatic heterocycles. The molecule has 0 radical (unpaired) electrons. The van der Waals surface area contributed by atoms with Crippen molar-refractivity contribution in [2.24, 2.45) is 0 Å². The lowest BCUT2D eigenvalue weighted by Crippen LogP contribution is -2.48. The second-order valence-electron chi connectivity index (χ2n) is 8.49. The summed E-state index contributed by atoms with van der Waals surface area (Å²) in [6.45, 7) is -0.191. The average molecular weight is 565 g/mol. The SMILES string of the molecule is O=C(NC(CC(F)(F)F)C(F)(F)F)c1cn(-c2ncc(F)cc2F)c2nc(N3CC(O)CC3=O)ccc2c1=O. The number of amides is 2. The van der Waals surface area contributed by atoms with Gasteiger partial charge in [0, 0.05) is 12.3 Å². The molecule has 0 spiro atoms. The number of anilines is 1. The number of β-amino-alcohol motifs (C(OH)–C–C–N with tert-alkyl or cyclic N) is 1. The number of alkyl halides is 6. The molecule has 0 bridgehead atoms. The minimum Gasteiger partial charge on any atom is -0.391 e. The van der Waals surface area contributed by atoms with Gasteiger partial charge in [0.25, 0.3) is 5.91 Å². The Morgan fingerprint density at radius 3 is 2.41 bits per heavy atom. The number of fused-ring (bicyclic) bond motifs is 1. The number of hydrogen-bond acceptors (Lipinski definition) is 6. The summed E-state index contributed by atoms with van der Waals surface area (Å²) in [6.07, 6.45) is -13.6. The lowest BCUT2D eigenvalue weighted by atomic mass is 10.1. The van der Waals surface area contributed by atoms with Crippen molar-refractivity contribution in [3.63, 3.8) is 0 Å². The zero-order valence-corrected chi connectivity index (χ0v) is 19.1. The van der Waals surface area contributed by atoms with Crippen molar-refractivity contribution < 1.29 is 49.8 Å². The van der Waals surface area contributed by atoms with E-state index in [2.05, 4.69) is 9.97 Å². The van der Waals surface area contributed by atoms with Gasteiger partial charge in [0.1, 0.15) is 23.2 Å². The van der Waals surface area contributed by atoms with Crippen molar-refractivity contribution in [1.29, 1.82) is 0 Å². The van der Waals surface area contributed by atoms with Crippen LogP contribution in [-0.4, -0.2) is 62.5 Å². The normalized spacial score (nSPS) is 17.1. The van der Waals surface area contributed by atoms with Crippen molar-refractivity contribution in [3.8, 4) is 5.82 Å². The van der Waals surface area contributed by atoms with Gasteiger partial charge in [-0.2, -0.15) is 26.3 Å². The number of carbonyl (C=O) groups excluding carboxylic acids is 2. The molecule has 1 fully saturated rings. The van der Waals surface area contributed by atoms with E-state index >= 15 is 0 Å². The third-order valence-corrected chi connectivity index (χ3v) is 5.61. The molecule has 2 unspecified atom stereocenters. The molecular formula is C22H15F8N5O4. The smallest absolute Gasteiger partial charge is 0.391 e. The van der Waals surface area contributed by atoms with E-state index in [1.54, 1.807) is 0 Å². The van der Waals surface area contributed by atoms with E-state index < -0.39 is 82.2 Å². The number of aliphatic hydroxyl groups is 1. The molecule has 4 rings (SSSR count). The monoisotopic (exact) mass is 565 g/mol. The number of hydrogen-bond donors (Lipinski definition) is 2. The summed E-state index contributed by atoms with van der Waals surface area (Å²) in [5.74, 6) is -5.85. The summed E-state index contributed by atoms with van der Waals surface area (Å²) < 4.78 is 107. The molecule has 2 amide bonds. The molecule has 0 saturated carbocycles. The van der Waals surface area contributed by atoms with Gasteiger partial charge in [-0.15, -0.1) is 0 Å². The lowest BCUT2D eigenvalue weighted by molar-refractivity contribution is -0.199.